The lowest BCUT2D eigenvalue weighted by molar-refractivity contribution is -0.111. The Morgan fingerprint density at radius 1 is 0.579 bits per heavy atom. The first-order chi connectivity index (χ1) is 18.6. The van der Waals surface area contributed by atoms with E-state index in [0.717, 1.165) is 29.6 Å². The van der Waals surface area contributed by atoms with E-state index in [9.17, 15) is 4.79 Å². The summed E-state index contributed by atoms with van der Waals surface area (Å²) < 4.78 is 0. The molecule has 38 heavy (non-hydrogen) atoms. The van der Waals surface area contributed by atoms with Crippen LogP contribution in [-0.2, 0) is 4.79 Å². The average Bonchev–Trinajstić information content (AvgIpc) is 2.97. The monoisotopic (exact) mass is 521 g/mol. The second-order valence-electron chi connectivity index (χ2n) is 10.4. The Morgan fingerprint density at radius 3 is 1.47 bits per heavy atom. The summed E-state index contributed by atoms with van der Waals surface area (Å²) >= 11 is 0. The Hall–Kier alpha value is -3.02. The predicted molar refractivity (Wildman–Crippen MR) is 168 cm³/mol. The van der Waals surface area contributed by atoms with E-state index in [-0.39, 0.29) is 5.78 Å². The SMILES string of the molecule is C=C1C=CC(=O)C(CCCCCCCCCC[P+](c2ccccc2)(c2ccccc2)c2ccccc2)=C1C. The summed E-state index contributed by atoms with van der Waals surface area (Å²) in [5.41, 5.74) is 3.04. The zero-order valence-corrected chi connectivity index (χ0v) is 23.8. The molecule has 0 fully saturated rings. The van der Waals surface area contributed by atoms with Crippen molar-refractivity contribution in [2.45, 2.75) is 64.7 Å². The van der Waals surface area contributed by atoms with Crippen molar-refractivity contribution in [2.75, 3.05) is 6.16 Å². The Kier molecular flexibility index (Phi) is 10.5. The van der Waals surface area contributed by atoms with Gasteiger partial charge in [-0.25, -0.2) is 0 Å². The third kappa shape index (κ3) is 6.89. The van der Waals surface area contributed by atoms with Crippen LogP contribution in [0.15, 0.2) is 126 Å². The number of carbonyl (C=O) groups is 1. The van der Waals surface area contributed by atoms with E-state index in [1.54, 1.807) is 6.08 Å². The maximum atomic E-state index is 12.2. The molecule has 0 N–H and O–H groups in total. The fourth-order valence-corrected chi connectivity index (χ4v) is 10.1. The first kappa shape index (κ1) is 28.0. The highest BCUT2D eigenvalue weighted by molar-refractivity contribution is 7.95. The molecule has 1 nitrogen and oxygen atoms in total. The number of unbranched alkanes of at least 4 members (excludes halogenated alkanes) is 7. The van der Waals surface area contributed by atoms with Crippen molar-refractivity contribution >= 4 is 29.0 Å². The van der Waals surface area contributed by atoms with E-state index >= 15 is 0 Å². The molecule has 3 aromatic rings. The highest BCUT2D eigenvalue weighted by Gasteiger charge is 2.44. The van der Waals surface area contributed by atoms with Crippen molar-refractivity contribution in [3.8, 4) is 0 Å². The predicted octanol–water partition coefficient (Wildman–Crippen LogP) is 8.50. The minimum Gasteiger partial charge on any atom is -0.290 e. The quantitative estimate of drug-likeness (QED) is 0.154. The molecule has 0 spiro atoms. The molecular formula is C36H42OP+. The normalized spacial score (nSPS) is 13.8. The molecule has 0 atom stereocenters. The van der Waals surface area contributed by atoms with Crippen LogP contribution in [0.1, 0.15) is 64.7 Å². The lowest BCUT2D eigenvalue weighted by Gasteiger charge is -2.27. The minimum atomic E-state index is -1.69. The van der Waals surface area contributed by atoms with Crippen LogP contribution in [0.25, 0.3) is 0 Å². The first-order valence-corrected chi connectivity index (χ1v) is 16.3. The van der Waals surface area contributed by atoms with Gasteiger partial charge in [0.15, 0.2) is 5.78 Å². The maximum Gasteiger partial charge on any atom is 0.182 e. The third-order valence-electron chi connectivity index (χ3n) is 7.93. The van der Waals surface area contributed by atoms with Gasteiger partial charge in [0.2, 0.25) is 0 Å². The lowest BCUT2D eigenvalue weighted by Crippen LogP contribution is -2.33. The van der Waals surface area contributed by atoms with Gasteiger partial charge in [-0.15, -0.1) is 0 Å². The van der Waals surface area contributed by atoms with E-state index < -0.39 is 7.26 Å². The molecule has 196 valence electrons. The van der Waals surface area contributed by atoms with Gasteiger partial charge in [0.25, 0.3) is 0 Å². The number of hydrogen-bond donors (Lipinski definition) is 0. The summed E-state index contributed by atoms with van der Waals surface area (Å²) in [7, 11) is -1.69. The third-order valence-corrected chi connectivity index (χ3v) is 12.5. The topological polar surface area (TPSA) is 17.1 Å². The molecule has 0 saturated heterocycles. The molecule has 3 aromatic carbocycles. The summed E-state index contributed by atoms with van der Waals surface area (Å²) in [6.45, 7) is 6.08. The van der Waals surface area contributed by atoms with Gasteiger partial charge in [0.1, 0.15) is 23.2 Å². The summed E-state index contributed by atoms with van der Waals surface area (Å²) in [6, 6.07) is 33.7. The molecule has 0 aliphatic heterocycles. The molecule has 4 rings (SSSR count). The summed E-state index contributed by atoms with van der Waals surface area (Å²) in [5, 5.41) is 4.45. The van der Waals surface area contributed by atoms with Crippen LogP contribution in [0.3, 0.4) is 0 Å². The van der Waals surface area contributed by atoms with Crippen molar-refractivity contribution in [1.29, 1.82) is 0 Å². The van der Waals surface area contributed by atoms with Gasteiger partial charge in [-0.3, -0.25) is 4.79 Å². The van der Waals surface area contributed by atoms with E-state index in [4.69, 9.17) is 0 Å². The molecular weight excluding hydrogens is 479 g/mol. The zero-order chi connectivity index (χ0) is 26.6. The minimum absolute atomic E-state index is 0.176. The van der Waals surface area contributed by atoms with Crippen LogP contribution in [-0.4, -0.2) is 11.9 Å². The molecule has 0 aromatic heterocycles. The van der Waals surface area contributed by atoms with Crippen molar-refractivity contribution < 1.29 is 4.79 Å². The van der Waals surface area contributed by atoms with Gasteiger partial charge in [-0.05, 0) is 86.2 Å². The molecule has 0 unspecified atom stereocenters. The fraction of sp³-hybridized carbons (Fsp3) is 0.306. The largest absolute Gasteiger partial charge is 0.290 e. The van der Waals surface area contributed by atoms with Gasteiger partial charge in [0, 0.05) is 5.57 Å². The van der Waals surface area contributed by atoms with E-state index in [1.807, 2.05) is 13.0 Å². The van der Waals surface area contributed by atoms with E-state index in [1.165, 1.54) is 67.0 Å². The number of rotatable bonds is 14. The zero-order valence-electron chi connectivity index (χ0n) is 22.9. The van der Waals surface area contributed by atoms with Crippen LogP contribution >= 0.6 is 7.26 Å². The number of hydrogen-bond acceptors (Lipinski definition) is 1. The summed E-state index contributed by atoms with van der Waals surface area (Å²) in [5.74, 6) is 0.176. The van der Waals surface area contributed by atoms with Crippen LogP contribution in [0.4, 0.5) is 0 Å². The molecule has 1 aliphatic rings. The van der Waals surface area contributed by atoms with Gasteiger partial charge in [0.05, 0.1) is 6.16 Å². The van der Waals surface area contributed by atoms with Gasteiger partial charge in [-0.1, -0.05) is 99.4 Å². The van der Waals surface area contributed by atoms with Crippen LogP contribution < -0.4 is 15.9 Å². The Bertz CT molecular complexity index is 1140. The molecule has 0 saturated carbocycles. The van der Waals surface area contributed by atoms with Crippen molar-refractivity contribution in [2.24, 2.45) is 0 Å². The molecule has 0 bridgehead atoms. The number of carbonyl (C=O) groups excluding carboxylic acids is 1. The number of ketones is 1. The Morgan fingerprint density at radius 2 is 1.00 bits per heavy atom. The standard InChI is InChI=1S/C36H42OP/c1-30-27-28-36(37)35(31(30)2)26-18-7-5-3-4-6-8-19-29-38(32-20-12-9-13-21-32,33-22-14-10-15-23-33)34-24-16-11-17-25-34/h9-17,20-25,27-28H,1,3-8,18-19,26,29H2,2H3/q+1. The van der Waals surface area contributed by atoms with E-state index in [2.05, 4.69) is 97.6 Å². The average molecular weight is 522 g/mol. The molecule has 1 aliphatic carbocycles. The highest BCUT2D eigenvalue weighted by atomic mass is 31.2. The number of benzene rings is 3. The Balaban J connectivity index is 1.28. The van der Waals surface area contributed by atoms with Gasteiger partial charge >= 0.3 is 0 Å². The molecule has 0 heterocycles. The molecule has 0 radical (unpaired) electrons. The second-order valence-corrected chi connectivity index (χ2v) is 14.1. The van der Waals surface area contributed by atoms with Crippen LogP contribution in [0.2, 0.25) is 0 Å². The van der Waals surface area contributed by atoms with Crippen molar-refractivity contribution in [3.05, 3.63) is 126 Å². The first-order valence-electron chi connectivity index (χ1n) is 14.3. The van der Waals surface area contributed by atoms with Crippen LogP contribution in [0, 0.1) is 0 Å². The molecule has 0 amide bonds. The van der Waals surface area contributed by atoms with Gasteiger partial charge in [-0.2, -0.15) is 0 Å². The maximum absolute atomic E-state index is 12.2. The summed E-state index contributed by atoms with van der Waals surface area (Å²) in [6.07, 6.45) is 15.6. The van der Waals surface area contributed by atoms with Gasteiger partial charge < -0.3 is 0 Å². The van der Waals surface area contributed by atoms with E-state index in [0.29, 0.717) is 0 Å². The highest BCUT2D eigenvalue weighted by Crippen LogP contribution is 2.56. The van der Waals surface area contributed by atoms with Crippen LogP contribution in [0.5, 0.6) is 0 Å². The number of allylic oxidation sites excluding steroid dienone is 5. The molecule has 2 heteroatoms. The summed E-state index contributed by atoms with van der Waals surface area (Å²) in [4.78, 5) is 12.2. The second kappa shape index (κ2) is 14.2. The smallest absolute Gasteiger partial charge is 0.182 e. The Labute approximate surface area is 230 Å². The lowest BCUT2D eigenvalue weighted by atomic mass is 9.90. The van der Waals surface area contributed by atoms with Crippen molar-refractivity contribution in [3.63, 3.8) is 0 Å². The van der Waals surface area contributed by atoms with Crippen molar-refractivity contribution in [1.82, 2.24) is 0 Å². The fourth-order valence-electron chi connectivity index (χ4n) is 5.68.